The first-order valence-corrected chi connectivity index (χ1v) is 8.33. The largest absolute Gasteiger partial charge is 0.394 e. The Balaban J connectivity index is 1.80. The maximum absolute atomic E-state index is 11.8. The van der Waals surface area contributed by atoms with E-state index in [1.165, 1.54) is 0 Å². The van der Waals surface area contributed by atoms with Gasteiger partial charge >= 0.3 is 0 Å². The van der Waals surface area contributed by atoms with Gasteiger partial charge in [-0.25, -0.2) is 0 Å². The molecule has 3 rings (SSSR count). The molecule has 1 aromatic heterocycles. The van der Waals surface area contributed by atoms with Crippen LogP contribution in [-0.4, -0.2) is 41.1 Å². The van der Waals surface area contributed by atoms with E-state index in [4.69, 9.17) is 10.8 Å². The number of nitrogens with zero attached hydrogens (tertiary/aromatic N) is 1. The topological polar surface area (TPSA) is 104 Å². The van der Waals surface area contributed by atoms with Crippen LogP contribution in [0.5, 0.6) is 0 Å². The molecule has 26 heavy (non-hydrogen) atoms. The van der Waals surface area contributed by atoms with Crippen LogP contribution in [0.25, 0.3) is 22.5 Å². The Morgan fingerprint density at radius 2 is 2.00 bits per heavy atom. The number of nitrogens with one attached hydrogen (secondary N) is 2. The van der Waals surface area contributed by atoms with Gasteiger partial charge in [0.15, 0.2) is 0 Å². The third-order valence-corrected chi connectivity index (χ3v) is 4.09. The van der Waals surface area contributed by atoms with Crippen LogP contribution in [-0.2, 0) is 4.79 Å². The molecule has 7 heteroatoms. The Morgan fingerprint density at radius 1 is 1.23 bits per heavy atom. The van der Waals surface area contributed by atoms with Crippen molar-refractivity contribution in [1.82, 2.24) is 10.2 Å². The highest BCUT2D eigenvalue weighted by Crippen LogP contribution is 2.25. The molecule has 0 aliphatic carbocycles. The fourth-order valence-electron chi connectivity index (χ4n) is 2.55. The quantitative estimate of drug-likeness (QED) is 0.506. The van der Waals surface area contributed by atoms with Gasteiger partial charge in [0.05, 0.1) is 18.0 Å². The molecule has 0 aliphatic heterocycles. The number of nitrogens with two attached hydrogens (primary N) is 1. The lowest BCUT2D eigenvalue weighted by Gasteiger charge is -2.10. The summed E-state index contributed by atoms with van der Waals surface area (Å²) in [6, 6.07) is 16.5. The number of amides is 1. The zero-order chi connectivity index (χ0) is 18.5. The molecule has 0 saturated carbocycles. The summed E-state index contributed by atoms with van der Waals surface area (Å²) in [7, 11) is 2.05. The second kappa shape index (κ2) is 7.99. The van der Waals surface area contributed by atoms with E-state index in [1.54, 1.807) is 6.07 Å². The molecule has 1 amide bonds. The summed E-state index contributed by atoms with van der Waals surface area (Å²) in [4.78, 5) is 11.8. The van der Waals surface area contributed by atoms with Gasteiger partial charge in [-0.2, -0.15) is 5.10 Å². The van der Waals surface area contributed by atoms with Crippen molar-refractivity contribution in [2.75, 3.05) is 11.9 Å². The van der Waals surface area contributed by atoms with Gasteiger partial charge in [-0.3, -0.25) is 9.89 Å². The van der Waals surface area contributed by atoms with Crippen molar-refractivity contribution in [2.24, 2.45) is 5.73 Å². The third-order valence-electron chi connectivity index (χ3n) is 4.09. The molecule has 1 heterocycles. The monoisotopic (exact) mass is 347 g/mol. The molecule has 5 N–H and O–H groups in total. The highest BCUT2D eigenvalue weighted by Gasteiger charge is 2.13. The SMILES string of the molecule is C[B]c1ccc(-c2cc(-c3cccc(NC(=O)C(N)CO)c3)n[nH]2)cc1. The molecule has 0 bridgehead atoms. The number of H-pyrrole nitrogens is 1. The van der Waals surface area contributed by atoms with Crippen LogP contribution in [0.3, 0.4) is 0 Å². The molecule has 3 aromatic rings. The van der Waals surface area contributed by atoms with E-state index < -0.39 is 18.6 Å². The van der Waals surface area contributed by atoms with E-state index in [2.05, 4.69) is 27.6 Å². The lowest BCUT2D eigenvalue weighted by molar-refractivity contribution is -0.118. The number of aliphatic hydroxyl groups excluding tert-OH is 1. The molecule has 0 spiro atoms. The number of hydrogen-bond donors (Lipinski definition) is 4. The van der Waals surface area contributed by atoms with Crippen LogP contribution in [0.1, 0.15) is 0 Å². The summed E-state index contributed by atoms with van der Waals surface area (Å²) in [5, 5.41) is 19.1. The van der Waals surface area contributed by atoms with Gasteiger partial charge in [-0.05, 0) is 23.8 Å². The zero-order valence-corrected chi connectivity index (χ0v) is 14.4. The molecule has 0 saturated heterocycles. The van der Waals surface area contributed by atoms with Gasteiger partial charge in [0.25, 0.3) is 0 Å². The molecule has 6 nitrogen and oxygen atoms in total. The number of hydrogen-bond acceptors (Lipinski definition) is 4. The minimum Gasteiger partial charge on any atom is -0.394 e. The van der Waals surface area contributed by atoms with E-state index >= 15 is 0 Å². The summed E-state index contributed by atoms with van der Waals surface area (Å²) in [5.41, 5.74) is 10.9. The predicted molar refractivity (Wildman–Crippen MR) is 104 cm³/mol. The van der Waals surface area contributed by atoms with Gasteiger partial charge in [0, 0.05) is 11.3 Å². The molecule has 2 aromatic carbocycles. The maximum Gasteiger partial charge on any atom is 0.243 e. The fourth-order valence-corrected chi connectivity index (χ4v) is 2.55. The number of aromatic nitrogens is 2. The second-order valence-corrected chi connectivity index (χ2v) is 5.94. The number of aliphatic hydroxyl groups is 1. The predicted octanol–water partition coefficient (Wildman–Crippen LogP) is 1.38. The number of carbonyl (C=O) groups is 1. The third kappa shape index (κ3) is 4.01. The van der Waals surface area contributed by atoms with Crippen molar-refractivity contribution < 1.29 is 9.90 Å². The molecule has 0 fully saturated rings. The average Bonchev–Trinajstić information content (AvgIpc) is 3.18. The average molecular weight is 347 g/mol. The fraction of sp³-hybridized carbons (Fsp3) is 0.158. The normalized spacial score (nSPS) is 11.8. The summed E-state index contributed by atoms with van der Waals surface area (Å²) in [5.74, 6) is -0.430. The van der Waals surface area contributed by atoms with Gasteiger partial charge in [-0.15, -0.1) is 0 Å². The maximum atomic E-state index is 11.8. The number of aromatic amines is 1. The second-order valence-electron chi connectivity index (χ2n) is 5.94. The smallest absolute Gasteiger partial charge is 0.243 e. The number of rotatable bonds is 6. The number of benzene rings is 2. The number of carbonyl (C=O) groups excluding carboxylic acids is 1. The van der Waals surface area contributed by atoms with Crippen LogP contribution in [0.2, 0.25) is 6.82 Å². The van der Waals surface area contributed by atoms with E-state index in [-0.39, 0.29) is 0 Å². The van der Waals surface area contributed by atoms with Crippen molar-refractivity contribution in [2.45, 2.75) is 12.9 Å². The van der Waals surface area contributed by atoms with Crippen LogP contribution in [0, 0.1) is 0 Å². The van der Waals surface area contributed by atoms with Crippen molar-refractivity contribution in [1.29, 1.82) is 0 Å². The molecular weight excluding hydrogens is 327 g/mol. The van der Waals surface area contributed by atoms with Crippen LogP contribution in [0.15, 0.2) is 54.6 Å². The Bertz CT molecular complexity index is 893. The van der Waals surface area contributed by atoms with E-state index in [9.17, 15) is 4.79 Å². The zero-order valence-electron chi connectivity index (χ0n) is 14.4. The molecular formula is C19H20BN4O2. The van der Waals surface area contributed by atoms with E-state index in [1.807, 2.05) is 50.5 Å². The summed E-state index contributed by atoms with van der Waals surface area (Å²) in [6.45, 7) is 1.60. The first-order chi connectivity index (χ1) is 12.6. The molecule has 0 aliphatic rings. The molecule has 1 unspecified atom stereocenters. The first kappa shape index (κ1) is 17.9. The Kier molecular flexibility index (Phi) is 5.50. The van der Waals surface area contributed by atoms with Crippen LogP contribution < -0.4 is 16.5 Å². The molecule has 131 valence electrons. The molecule has 1 atom stereocenters. The lowest BCUT2D eigenvalue weighted by atomic mass is 9.73. The van der Waals surface area contributed by atoms with Crippen molar-refractivity contribution in [3.05, 3.63) is 54.6 Å². The van der Waals surface area contributed by atoms with Gasteiger partial charge in [0.2, 0.25) is 5.91 Å². The minimum absolute atomic E-state index is 0.400. The lowest BCUT2D eigenvalue weighted by Crippen LogP contribution is -2.38. The van der Waals surface area contributed by atoms with E-state index in [0.29, 0.717) is 5.69 Å². The van der Waals surface area contributed by atoms with Gasteiger partial charge in [0.1, 0.15) is 13.3 Å². The van der Waals surface area contributed by atoms with Gasteiger partial charge < -0.3 is 16.2 Å². The summed E-state index contributed by atoms with van der Waals surface area (Å²) >= 11 is 0. The van der Waals surface area contributed by atoms with Crippen LogP contribution >= 0.6 is 0 Å². The standard InChI is InChI=1S/C19H20BN4O2/c1-20-14-7-5-12(6-8-14)17-10-18(24-23-17)13-3-2-4-15(9-13)22-19(26)16(21)11-25/h2-10,16,25H,11,21H2,1H3,(H,22,26)(H,23,24). The molecule has 1 radical (unpaired) electrons. The Hall–Kier alpha value is -2.90. The highest BCUT2D eigenvalue weighted by atomic mass is 16.3. The van der Waals surface area contributed by atoms with Crippen LogP contribution in [0.4, 0.5) is 5.69 Å². The summed E-state index contributed by atoms with van der Waals surface area (Å²) in [6.07, 6.45) is 0. The Morgan fingerprint density at radius 3 is 2.69 bits per heavy atom. The van der Waals surface area contributed by atoms with Crippen molar-refractivity contribution in [3.63, 3.8) is 0 Å². The number of anilines is 1. The Labute approximate surface area is 152 Å². The highest BCUT2D eigenvalue weighted by molar-refractivity contribution is 6.51. The first-order valence-electron chi connectivity index (χ1n) is 8.33. The summed E-state index contributed by atoms with van der Waals surface area (Å²) < 4.78 is 0. The van der Waals surface area contributed by atoms with Gasteiger partial charge in [-0.1, -0.05) is 48.7 Å². The van der Waals surface area contributed by atoms with Crippen molar-refractivity contribution in [3.8, 4) is 22.5 Å². The van der Waals surface area contributed by atoms with E-state index in [0.717, 1.165) is 28.0 Å². The minimum atomic E-state index is -0.945. The van der Waals surface area contributed by atoms with Crippen molar-refractivity contribution >= 4 is 24.3 Å².